The first-order valence-electron chi connectivity index (χ1n) is 5.83. The summed E-state index contributed by atoms with van der Waals surface area (Å²) in [5.41, 5.74) is 0.491. The van der Waals surface area contributed by atoms with Crippen LogP contribution < -0.4 is 0 Å². The van der Waals surface area contributed by atoms with Crippen molar-refractivity contribution in [3.05, 3.63) is 0 Å². The van der Waals surface area contributed by atoms with Crippen molar-refractivity contribution in [3.63, 3.8) is 0 Å². The molecule has 0 amide bonds. The van der Waals surface area contributed by atoms with Crippen LogP contribution in [0.25, 0.3) is 0 Å². The molecule has 0 heterocycles. The SMILES string of the molecule is C[CH2][Al]([CH2]C)[C](C)(CC)C(C)(C)C. The highest BCUT2D eigenvalue weighted by Crippen LogP contribution is 2.51. The minimum absolute atomic E-state index is 0.491. The maximum absolute atomic E-state index is 2.52. The van der Waals surface area contributed by atoms with Gasteiger partial charge in [0.15, 0.2) is 0 Å². The van der Waals surface area contributed by atoms with E-state index in [0.717, 1.165) is 0 Å². The highest BCUT2D eigenvalue weighted by molar-refractivity contribution is 6.62. The second-order valence-electron chi connectivity index (χ2n) is 5.53. The van der Waals surface area contributed by atoms with Crippen LogP contribution in [0.1, 0.15) is 54.9 Å². The largest absolute Gasteiger partial charge is 0.269 e. The normalized spacial score (nSPS) is 16.8. The Morgan fingerprint density at radius 1 is 0.846 bits per heavy atom. The summed E-state index contributed by atoms with van der Waals surface area (Å²) in [6, 6.07) is 0. The summed E-state index contributed by atoms with van der Waals surface area (Å²) in [5.74, 6) is 0. The second-order valence-corrected chi connectivity index (χ2v) is 9.84. The molecule has 1 unspecified atom stereocenters. The first kappa shape index (κ1) is 13.5. The summed E-state index contributed by atoms with van der Waals surface area (Å²) in [6.45, 7) is 16.9. The Balaban J connectivity index is 4.80. The molecule has 0 aliphatic heterocycles. The molecule has 0 aromatic rings. The second kappa shape index (κ2) is 4.85. The van der Waals surface area contributed by atoms with E-state index < -0.39 is 14.1 Å². The molecule has 1 heteroatoms. The Morgan fingerprint density at radius 2 is 1.23 bits per heavy atom. The Hall–Kier alpha value is 0.532. The zero-order valence-corrected chi connectivity index (χ0v) is 11.9. The van der Waals surface area contributed by atoms with Gasteiger partial charge in [0.25, 0.3) is 14.1 Å². The van der Waals surface area contributed by atoms with Crippen molar-refractivity contribution >= 4 is 14.1 Å². The van der Waals surface area contributed by atoms with Gasteiger partial charge in [-0.25, -0.2) is 0 Å². The van der Waals surface area contributed by atoms with Gasteiger partial charge in [-0.05, 0) is 5.41 Å². The van der Waals surface area contributed by atoms with Crippen molar-refractivity contribution in [2.45, 2.75) is 69.7 Å². The third-order valence-corrected chi connectivity index (χ3v) is 9.38. The Morgan fingerprint density at radius 3 is 1.31 bits per heavy atom. The number of rotatable bonds is 4. The molecule has 0 aromatic carbocycles. The van der Waals surface area contributed by atoms with Crippen LogP contribution in [0.15, 0.2) is 0 Å². The van der Waals surface area contributed by atoms with Crippen molar-refractivity contribution in [1.82, 2.24) is 0 Å². The van der Waals surface area contributed by atoms with E-state index in [-0.39, 0.29) is 0 Å². The molecule has 0 saturated heterocycles. The third-order valence-electron chi connectivity index (χ3n) is 4.33. The molecule has 0 aliphatic rings. The van der Waals surface area contributed by atoms with Gasteiger partial charge in [0, 0.05) is 0 Å². The van der Waals surface area contributed by atoms with Crippen LogP contribution >= 0.6 is 0 Å². The zero-order valence-electron chi connectivity index (χ0n) is 10.7. The summed E-state index contributed by atoms with van der Waals surface area (Å²) in [7, 11) is 0. The van der Waals surface area contributed by atoms with Gasteiger partial charge in [-0.15, -0.1) is 0 Å². The maximum atomic E-state index is 2.52. The van der Waals surface area contributed by atoms with Crippen LogP contribution in [0, 0.1) is 5.41 Å². The lowest BCUT2D eigenvalue weighted by Gasteiger charge is -2.45. The van der Waals surface area contributed by atoms with Crippen molar-refractivity contribution in [3.8, 4) is 0 Å². The summed E-state index contributed by atoms with van der Waals surface area (Å²) < 4.78 is 0.635. The van der Waals surface area contributed by atoms with Crippen molar-refractivity contribution in [2.75, 3.05) is 0 Å². The van der Waals surface area contributed by atoms with Gasteiger partial charge in [0.1, 0.15) is 0 Å². The molecule has 0 spiro atoms. The molecule has 1 atom stereocenters. The van der Waals surface area contributed by atoms with Gasteiger partial charge < -0.3 is 0 Å². The van der Waals surface area contributed by atoms with E-state index in [9.17, 15) is 0 Å². The van der Waals surface area contributed by atoms with Crippen LogP contribution in [0.5, 0.6) is 0 Å². The fourth-order valence-corrected chi connectivity index (χ4v) is 6.80. The van der Waals surface area contributed by atoms with Crippen LogP contribution in [0.3, 0.4) is 0 Å². The molecule has 13 heavy (non-hydrogen) atoms. The fourth-order valence-electron chi connectivity index (χ4n) is 2.62. The summed E-state index contributed by atoms with van der Waals surface area (Å²) in [4.78, 5) is 0. The highest BCUT2D eigenvalue weighted by atomic mass is 27.2. The summed E-state index contributed by atoms with van der Waals surface area (Å²) in [5, 5.41) is 2.91. The van der Waals surface area contributed by atoms with Gasteiger partial charge in [-0.2, -0.15) is 0 Å². The van der Waals surface area contributed by atoms with Crippen molar-refractivity contribution in [2.24, 2.45) is 5.41 Å². The van der Waals surface area contributed by atoms with Gasteiger partial charge in [0.05, 0.1) is 0 Å². The average molecular weight is 198 g/mol. The highest BCUT2D eigenvalue weighted by Gasteiger charge is 2.43. The predicted molar refractivity (Wildman–Crippen MR) is 64.8 cm³/mol. The lowest BCUT2D eigenvalue weighted by molar-refractivity contribution is 0.264. The van der Waals surface area contributed by atoms with E-state index in [1.807, 2.05) is 0 Å². The molecular weight excluding hydrogens is 171 g/mol. The van der Waals surface area contributed by atoms with Crippen molar-refractivity contribution < 1.29 is 0 Å². The quantitative estimate of drug-likeness (QED) is 0.572. The third kappa shape index (κ3) is 2.74. The molecule has 0 nitrogen and oxygen atoms in total. The number of hydrogen-bond donors (Lipinski definition) is 0. The Labute approximate surface area is 89.5 Å². The Kier molecular flexibility index (Phi) is 5.05. The molecule has 0 saturated carbocycles. The maximum Gasteiger partial charge on any atom is 0.269 e. The van der Waals surface area contributed by atoms with Crippen molar-refractivity contribution in [1.29, 1.82) is 0 Å². The van der Waals surface area contributed by atoms with Crippen LogP contribution in [-0.4, -0.2) is 14.1 Å². The Bertz CT molecular complexity index is 142. The lowest BCUT2D eigenvalue weighted by atomic mass is 9.79. The van der Waals surface area contributed by atoms with Crippen LogP contribution in [-0.2, 0) is 0 Å². The lowest BCUT2D eigenvalue weighted by Crippen LogP contribution is -2.39. The minimum atomic E-state index is -0.547. The van der Waals surface area contributed by atoms with E-state index in [0.29, 0.717) is 9.69 Å². The van der Waals surface area contributed by atoms with E-state index in [2.05, 4.69) is 48.5 Å². The molecule has 0 fully saturated rings. The summed E-state index contributed by atoms with van der Waals surface area (Å²) in [6.07, 6.45) is 1.36. The van der Waals surface area contributed by atoms with E-state index in [1.165, 1.54) is 17.0 Å². The zero-order chi connectivity index (χ0) is 10.7. The molecule has 0 rings (SSSR count). The van der Waals surface area contributed by atoms with Gasteiger partial charge >= 0.3 is 0 Å². The molecule has 0 N–H and O–H groups in total. The van der Waals surface area contributed by atoms with Crippen LogP contribution in [0.2, 0.25) is 14.8 Å². The fraction of sp³-hybridized carbons (Fsp3) is 1.00. The van der Waals surface area contributed by atoms with Crippen LogP contribution in [0.4, 0.5) is 0 Å². The first-order chi connectivity index (χ1) is 5.83. The predicted octanol–water partition coefficient (Wildman–Crippen LogP) is 4.74. The average Bonchev–Trinajstić information content (AvgIpc) is 2.04. The molecule has 0 aliphatic carbocycles. The molecule has 0 aromatic heterocycles. The molecule has 78 valence electrons. The van der Waals surface area contributed by atoms with E-state index in [1.54, 1.807) is 0 Å². The molecular formula is C12H27Al. The van der Waals surface area contributed by atoms with Gasteiger partial charge in [0.2, 0.25) is 0 Å². The van der Waals surface area contributed by atoms with E-state index in [4.69, 9.17) is 0 Å². The molecule has 0 bridgehead atoms. The first-order valence-corrected chi connectivity index (χ1v) is 8.04. The topological polar surface area (TPSA) is 0 Å². The summed E-state index contributed by atoms with van der Waals surface area (Å²) >= 11 is -0.547. The molecule has 0 radical (unpaired) electrons. The monoisotopic (exact) mass is 198 g/mol. The van der Waals surface area contributed by atoms with Gasteiger partial charge in [-0.1, -0.05) is 69.7 Å². The van der Waals surface area contributed by atoms with Gasteiger partial charge in [-0.3, -0.25) is 0 Å². The van der Waals surface area contributed by atoms with E-state index >= 15 is 0 Å². The standard InChI is InChI=1S/C8H17.2C2H5.Al/c1-6-7(2)8(3,4)5;2*1-2;/h6H2,1-5H3;2*1H2,2H3;. The smallest absolute Gasteiger partial charge is 0.0964 e. The minimum Gasteiger partial charge on any atom is -0.0964 e. The number of hydrogen-bond acceptors (Lipinski definition) is 0.